The molecular weight excluding hydrogens is 400 g/mol. The number of methoxy groups -OCH3 is 2. The predicted octanol–water partition coefficient (Wildman–Crippen LogP) is 3.73. The standard InChI is InChI=1S/C22H22N4O5/c1-4-13-5-7-17(8-6-13)31-20-18(23)19(24-12-25-20)26-16-10-14(21(27)29-2)9-15(11-16)22(28)30-3/h5-12H,4,23H2,1-3H3,(H,24,25,26). The van der Waals surface area contributed by atoms with E-state index >= 15 is 0 Å². The van der Waals surface area contributed by atoms with E-state index in [2.05, 4.69) is 22.2 Å². The van der Waals surface area contributed by atoms with Gasteiger partial charge in [-0.2, -0.15) is 4.98 Å². The molecule has 1 heterocycles. The highest BCUT2D eigenvalue weighted by molar-refractivity contribution is 5.97. The first-order chi connectivity index (χ1) is 14.9. The van der Waals surface area contributed by atoms with Crippen LogP contribution in [0.2, 0.25) is 0 Å². The highest BCUT2D eigenvalue weighted by Crippen LogP contribution is 2.31. The van der Waals surface area contributed by atoms with E-state index in [0.29, 0.717) is 11.4 Å². The molecule has 0 spiro atoms. The first kappa shape index (κ1) is 21.6. The quantitative estimate of drug-likeness (QED) is 0.548. The van der Waals surface area contributed by atoms with E-state index < -0.39 is 11.9 Å². The Morgan fingerprint density at radius 3 is 2.13 bits per heavy atom. The van der Waals surface area contributed by atoms with Gasteiger partial charge in [0, 0.05) is 5.69 Å². The third kappa shape index (κ3) is 5.08. The fourth-order valence-corrected chi connectivity index (χ4v) is 2.77. The fraction of sp³-hybridized carbons (Fsp3) is 0.182. The van der Waals surface area contributed by atoms with Crippen molar-refractivity contribution in [2.24, 2.45) is 0 Å². The smallest absolute Gasteiger partial charge is 0.337 e. The van der Waals surface area contributed by atoms with Crippen LogP contribution in [0.1, 0.15) is 33.2 Å². The molecule has 0 aliphatic carbocycles. The highest BCUT2D eigenvalue weighted by Gasteiger charge is 2.16. The van der Waals surface area contributed by atoms with Crippen molar-refractivity contribution in [3.05, 3.63) is 65.5 Å². The van der Waals surface area contributed by atoms with E-state index in [1.165, 1.54) is 44.3 Å². The Hall–Kier alpha value is -4.14. The summed E-state index contributed by atoms with van der Waals surface area (Å²) in [4.78, 5) is 32.2. The summed E-state index contributed by atoms with van der Waals surface area (Å²) < 4.78 is 15.3. The van der Waals surface area contributed by atoms with Gasteiger partial charge in [0.1, 0.15) is 17.8 Å². The lowest BCUT2D eigenvalue weighted by molar-refractivity contribution is 0.0599. The lowest BCUT2D eigenvalue weighted by atomic mass is 10.1. The molecule has 9 heteroatoms. The van der Waals surface area contributed by atoms with Crippen LogP contribution in [0.5, 0.6) is 11.6 Å². The number of nitrogens with zero attached hydrogens (tertiary/aromatic N) is 2. The molecule has 0 aliphatic heterocycles. The molecule has 2 aromatic carbocycles. The summed E-state index contributed by atoms with van der Waals surface area (Å²) in [5.74, 6) is -0.227. The van der Waals surface area contributed by atoms with Crippen LogP contribution in [0.3, 0.4) is 0 Å². The van der Waals surface area contributed by atoms with Crippen molar-refractivity contribution in [1.82, 2.24) is 9.97 Å². The number of benzene rings is 2. The second-order valence-corrected chi connectivity index (χ2v) is 6.45. The van der Waals surface area contributed by atoms with Crippen LogP contribution in [0.25, 0.3) is 0 Å². The molecule has 3 aromatic rings. The molecule has 9 nitrogen and oxygen atoms in total. The minimum atomic E-state index is -0.607. The third-order valence-corrected chi connectivity index (χ3v) is 4.43. The van der Waals surface area contributed by atoms with E-state index in [4.69, 9.17) is 19.9 Å². The number of aryl methyl sites for hydroxylation is 1. The van der Waals surface area contributed by atoms with E-state index in [9.17, 15) is 9.59 Å². The van der Waals surface area contributed by atoms with Gasteiger partial charge in [-0.05, 0) is 42.3 Å². The van der Waals surface area contributed by atoms with Gasteiger partial charge in [0.05, 0.1) is 25.3 Å². The van der Waals surface area contributed by atoms with Crippen molar-refractivity contribution < 1.29 is 23.8 Å². The summed E-state index contributed by atoms with van der Waals surface area (Å²) in [6.45, 7) is 2.07. The largest absolute Gasteiger partial charge is 0.465 e. The molecule has 0 amide bonds. The maximum atomic E-state index is 12.0. The van der Waals surface area contributed by atoms with Crippen LogP contribution >= 0.6 is 0 Å². The van der Waals surface area contributed by atoms with Gasteiger partial charge in [-0.3, -0.25) is 0 Å². The van der Waals surface area contributed by atoms with Crippen LogP contribution in [-0.2, 0) is 15.9 Å². The van der Waals surface area contributed by atoms with Gasteiger partial charge >= 0.3 is 11.9 Å². The van der Waals surface area contributed by atoms with Gasteiger partial charge in [0.25, 0.3) is 0 Å². The average molecular weight is 422 g/mol. The summed E-state index contributed by atoms with van der Waals surface area (Å²) in [6, 6.07) is 12.0. The van der Waals surface area contributed by atoms with E-state index in [1.807, 2.05) is 24.3 Å². The number of nitrogen functional groups attached to an aromatic ring is 1. The lowest BCUT2D eigenvalue weighted by Crippen LogP contribution is -2.09. The van der Waals surface area contributed by atoms with E-state index in [0.717, 1.165) is 6.42 Å². The summed E-state index contributed by atoms with van der Waals surface area (Å²) in [7, 11) is 2.50. The van der Waals surface area contributed by atoms with Crippen LogP contribution in [0.15, 0.2) is 48.8 Å². The maximum absolute atomic E-state index is 12.0. The van der Waals surface area contributed by atoms with Gasteiger partial charge in [-0.25, -0.2) is 14.6 Å². The molecule has 3 rings (SSSR count). The lowest BCUT2D eigenvalue weighted by Gasteiger charge is -2.13. The average Bonchev–Trinajstić information content (AvgIpc) is 2.80. The van der Waals surface area contributed by atoms with Gasteiger partial charge in [-0.15, -0.1) is 0 Å². The summed E-state index contributed by atoms with van der Waals surface area (Å²) >= 11 is 0. The number of carbonyl (C=O) groups excluding carboxylic acids is 2. The van der Waals surface area contributed by atoms with Crippen molar-refractivity contribution >= 4 is 29.1 Å². The van der Waals surface area contributed by atoms with Gasteiger partial charge in [-0.1, -0.05) is 19.1 Å². The van der Waals surface area contributed by atoms with Crippen molar-refractivity contribution in [3.8, 4) is 11.6 Å². The van der Waals surface area contributed by atoms with Crippen molar-refractivity contribution in [3.63, 3.8) is 0 Å². The Kier molecular flexibility index (Phi) is 6.66. The van der Waals surface area contributed by atoms with Gasteiger partial charge < -0.3 is 25.3 Å². The molecule has 160 valence electrons. The molecule has 3 N–H and O–H groups in total. The topological polar surface area (TPSA) is 126 Å². The van der Waals surface area contributed by atoms with Gasteiger partial charge in [0.15, 0.2) is 5.82 Å². The third-order valence-electron chi connectivity index (χ3n) is 4.43. The minimum Gasteiger partial charge on any atom is -0.465 e. The number of carbonyl (C=O) groups is 2. The molecule has 0 unspecified atom stereocenters. The van der Waals surface area contributed by atoms with Crippen molar-refractivity contribution in [2.45, 2.75) is 13.3 Å². The van der Waals surface area contributed by atoms with Crippen molar-refractivity contribution in [2.75, 3.05) is 25.3 Å². The van der Waals surface area contributed by atoms with Crippen molar-refractivity contribution in [1.29, 1.82) is 0 Å². The molecule has 0 atom stereocenters. The Morgan fingerprint density at radius 1 is 0.968 bits per heavy atom. The van der Waals surface area contributed by atoms with Crippen LogP contribution in [0, 0.1) is 0 Å². The second kappa shape index (κ2) is 9.57. The number of ether oxygens (including phenoxy) is 3. The van der Waals surface area contributed by atoms with Crippen LogP contribution in [-0.4, -0.2) is 36.1 Å². The van der Waals surface area contributed by atoms with Crippen LogP contribution in [0.4, 0.5) is 17.2 Å². The Bertz CT molecular complexity index is 1070. The normalized spacial score (nSPS) is 10.3. The SMILES string of the molecule is CCc1ccc(Oc2ncnc(Nc3cc(C(=O)OC)cc(C(=O)OC)c3)c2N)cc1. The van der Waals surface area contributed by atoms with E-state index in [-0.39, 0.29) is 28.5 Å². The Labute approximate surface area is 179 Å². The number of anilines is 3. The Morgan fingerprint density at radius 2 is 1.58 bits per heavy atom. The molecule has 1 aromatic heterocycles. The number of hydrogen-bond donors (Lipinski definition) is 2. The summed E-state index contributed by atoms with van der Waals surface area (Å²) in [5, 5.41) is 2.98. The number of hydrogen-bond acceptors (Lipinski definition) is 9. The molecule has 0 saturated carbocycles. The number of nitrogens with two attached hydrogens (primary N) is 1. The maximum Gasteiger partial charge on any atom is 0.337 e. The molecule has 0 aliphatic rings. The zero-order valence-electron chi connectivity index (χ0n) is 17.3. The van der Waals surface area contributed by atoms with Crippen LogP contribution < -0.4 is 15.8 Å². The summed E-state index contributed by atoms with van der Waals surface area (Å²) in [5.41, 5.74) is 8.22. The molecule has 0 saturated heterocycles. The highest BCUT2D eigenvalue weighted by atomic mass is 16.5. The predicted molar refractivity (Wildman–Crippen MR) is 115 cm³/mol. The number of aromatic nitrogens is 2. The monoisotopic (exact) mass is 422 g/mol. The fourth-order valence-electron chi connectivity index (χ4n) is 2.77. The van der Waals surface area contributed by atoms with Gasteiger partial charge in [0.2, 0.25) is 5.88 Å². The minimum absolute atomic E-state index is 0.158. The second-order valence-electron chi connectivity index (χ2n) is 6.45. The summed E-state index contributed by atoms with van der Waals surface area (Å²) in [6.07, 6.45) is 2.21. The molecule has 0 bridgehead atoms. The molecule has 0 radical (unpaired) electrons. The Balaban J connectivity index is 1.90. The van der Waals surface area contributed by atoms with E-state index in [1.54, 1.807) is 0 Å². The first-order valence-electron chi connectivity index (χ1n) is 9.41. The molecular formula is C22H22N4O5. The zero-order valence-corrected chi connectivity index (χ0v) is 17.3. The molecule has 31 heavy (non-hydrogen) atoms. The number of nitrogens with one attached hydrogen (secondary N) is 1. The number of rotatable bonds is 7. The molecule has 0 fully saturated rings. The number of esters is 2. The zero-order chi connectivity index (χ0) is 22.4. The first-order valence-corrected chi connectivity index (χ1v) is 9.41.